The van der Waals surface area contributed by atoms with E-state index in [0.29, 0.717) is 31.6 Å². The first kappa shape index (κ1) is 12.8. The second kappa shape index (κ2) is 4.55. The van der Waals surface area contributed by atoms with Gasteiger partial charge in [-0.2, -0.15) is 0 Å². The molecule has 1 amide bonds. The van der Waals surface area contributed by atoms with Crippen LogP contribution in [0.5, 0.6) is 0 Å². The highest BCUT2D eigenvalue weighted by Gasteiger charge is 2.44. The predicted molar refractivity (Wildman–Crippen MR) is 65.6 cm³/mol. The summed E-state index contributed by atoms with van der Waals surface area (Å²) < 4.78 is 5.26. The van der Waals surface area contributed by atoms with E-state index < -0.39 is 5.54 Å². The molecule has 0 spiro atoms. The fourth-order valence-electron chi connectivity index (χ4n) is 2.85. The maximum atomic E-state index is 12.4. The monoisotopic (exact) mass is 241 g/mol. The third-order valence-electron chi connectivity index (χ3n) is 4.00. The molecule has 3 atom stereocenters. The predicted octanol–water partition coefficient (Wildman–Crippen LogP) is -0.487. The molecule has 0 saturated carbocycles. The Bertz CT molecular complexity index is 300. The Hall–Kier alpha value is -0.650. The summed E-state index contributed by atoms with van der Waals surface area (Å²) in [6.45, 7) is 4.74. The molecule has 0 aromatic rings. The van der Waals surface area contributed by atoms with Crippen molar-refractivity contribution >= 4 is 5.91 Å². The molecule has 2 heterocycles. The lowest BCUT2D eigenvalue weighted by Gasteiger charge is -2.28. The summed E-state index contributed by atoms with van der Waals surface area (Å²) in [7, 11) is 4.12. The molecular weight excluding hydrogens is 218 g/mol. The molecule has 17 heavy (non-hydrogen) atoms. The summed E-state index contributed by atoms with van der Waals surface area (Å²) in [6.07, 6.45) is 0.642. The van der Waals surface area contributed by atoms with Gasteiger partial charge in [0.2, 0.25) is 5.91 Å². The molecule has 2 rings (SSSR count). The summed E-state index contributed by atoms with van der Waals surface area (Å²) in [5.41, 5.74) is 5.34. The number of nitrogens with two attached hydrogens (primary N) is 1. The van der Waals surface area contributed by atoms with Crippen molar-refractivity contribution in [1.82, 2.24) is 9.80 Å². The smallest absolute Gasteiger partial charge is 0.245 e. The van der Waals surface area contributed by atoms with Gasteiger partial charge in [-0.1, -0.05) is 6.92 Å². The number of carbonyl (C=O) groups excluding carboxylic acids is 1. The fourth-order valence-corrected chi connectivity index (χ4v) is 2.85. The van der Waals surface area contributed by atoms with Crippen LogP contribution in [-0.2, 0) is 9.53 Å². The van der Waals surface area contributed by atoms with Crippen molar-refractivity contribution in [2.75, 3.05) is 40.4 Å². The van der Waals surface area contributed by atoms with Gasteiger partial charge in [-0.3, -0.25) is 4.79 Å². The third-order valence-corrected chi connectivity index (χ3v) is 4.00. The van der Waals surface area contributed by atoms with E-state index in [1.165, 1.54) is 0 Å². The molecule has 0 bridgehead atoms. The quantitative estimate of drug-likeness (QED) is 0.709. The Kier molecular flexibility index (Phi) is 3.43. The minimum Gasteiger partial charge on any atom is -0.379 e. The molecule has 5 nitrogen and oxygen atoms in total. The van der Waals surface area contributed by atoms with Crippen LogP contribution < -0.4 is 5.73 Å². The van der Waals surface area contributed by atoms with Crippen LogP contribution in [0.15, 0.2) is 0 Å². The van der Waals surface area contributed by atoms with E-state index in [2.05, 4.69) is 25.9 Å². The summed E-state index contributed by atoms with van der Waals surface area (Å²) in [5, 5.41) is 0. The van der Waals surface area contributed by atoms with E-state index >= 15 is 0 Å². The van der Waals surface area contributed by atoms with Gasteiger partial charge < -0.3 is 20.3 Å². The first-order chi connectivity index (χ1) is 7.94. The molecule has 2 aliphatic rings. The van der Waals surface area contributed by atoms with Gasteiger partial charge in [-0.15, -0.1) is 0 Å². The lowest BCUT2D eigenvalue weighted by Crippen LogP contribution is -2.55. The van der Waals surface area contributed by atoms with Gasteiger partial charge in [0.1, 0.15) is 5.54 Å². The number of carbonyl (C=O) groups is 1. The minimum absolute atomic E-state index is 0.0613. The number of likely N-dealkylation sites (N-methyl/N-ethyl adjacent to an activating group) is 1. The van der Waals surface area contributed by atoms with Crippen molar-refractivity contribution in [2.24, 2.45) is 11.7 Å². The Balaban J connectivity index is 2.02. The van der Waals surface area contributed by atoms with Gasteiger partial charge >= 0.3 is 0 Å². The van der Waals surface area contributed by atoms with Crippen LogP contribution in [0, 0.1) is 5.92 Å². The molecule has 0 aromatic carbocycles. The van der Waals surface area contributed by atoms with Gasteiger partial charge in [-0.25, -0.2) is 0 Å². The second-order valence-corrected chi connectivity index (χ2v) is 5.68. The lowest BCUT2D eigenvalue weighted by molar-refractivity contribution is -0.136. The third kappa shape index (κ3) is 2.32. The van der Waals surface area contributed by atoms with E-state index in [9.17, 15) is 4.79 Å². The number of hydrogen-bond donors (Lipinski definition) is 1. The van der Waals surface area contributed by atoms with E-state index in [0.717, 1.165) is 13.1 Å². The van der Waals surface area contributed by atoms with E-state index in [-0.39, 0.29) is 5.91 Å². The number of nitrogens with zero attached hydrogens (tertiary/aromatic N) is 2. The molecule has 5 heteroatoms. The molecule has 2 fully saturated rings. The van der Waals surface area contributed by atoms with Crippen LogP contribution in [0.2, 0.25) is 0 Å². The van der Waals surface area contributed by atoms with E-state index in [1.54, 1.807) is 0 Å². The topological polar surface area (TPSA) is 58.8 Å². The van der Waals surface area contributed by atoms with E-state index in [1.807, 2.05) is 4.90 Å². The van der Waals surface area contributed by atoms with Crippen LogP contribution in [-0.4, -0.2) is 67.7 Å². The van der Waals surface area contributed by atoms with Gasteiger partial charge in [0.15, 0.2) is 0 Å². The van der Waals surface area contributed by atoms with Crippen LogP contribution in [0.25, 0.3) is 0 Å². The van der Waals surface area contributed by atoms with Crippen molar-refractivity contribution < 1.29 is 9.53 Å². The van der Waals surface area contributed by atoms with Crippen molar-refractivity contribution in [3.05, 3.63) is 0 Å². The molecule has 2 saturated heterocycles. The van der Waals surface area contributed by atoms with Crippen LogP contribution in [0.1, 0.15) is 13.3 Å². The van der Waals surface area contributed by atoms with Gasteiger partial charge in [-0.05, 0) is 26.4 Å². The highest BCUT2D eigenvalue weighted by atomic mass is 16.5. The van der Waals surface area contributed by atoms with E-state index in [4.69, 9.17) is 10.5 Å². The van der Waals surface area contributed by atoms with Crippen LogP contribution >= 0.6 is 0 Å². The molecule has 2 N–H and O–H groups in total. The lowest BCUT2D eigenvalue weighted by atomic mass is 9.98. The van der Waals surface area contributed by atoms with Gasteiger partial charge in [0.05, 0.1) is 6.61 Å². The molecule has 98 valence electrons. The highest BCUT2D eigenvalue weighted by Crippen LogP contribution is 2.25. The number of likely N-dealkylation sites (tertiary alicyclic amines) is 1. The number of rotatable bonds is 2. The maximum Gasteiger partial charge on any atom is 0.245 e. The average Bonchev–Trinajstić information content (AvgIpc) is 2.84. The zero-order valence-electron chi connectivity index (χ0n) is 11.0. The Morgan fingerprint density at radius 1 is 1.47 bits per heavy atom. The number of ether oxygens (including phenoxy) is 1. The highest BCUT2D eigenvalue weighted by molar-refractivity contribution is 5.87. The summed E-state index contributed by atoms with van der Waals surface area (Å²) in [4.78, 5) is 16.5. The summed E-state index contributed by atoms with van der Waals surface area (Å²) >= 11 is 0. The first-order valence-corrected chi connectivity index (χ1v) is 6.26. The number of hydrogen-bond acceptors (Lipinski definition) is 4. The molecule has 0 aliphatic carbocycles. The number of amides is 1. The largest absolute Gasteiger partial charge is 0.379 e. The maximum absolute atomic E-state index is 12.4. The molecule has 0 aromatic heterocycles. The zero-order valence-corrected chi connectivity index (χ0v) is 11.0. The molecule has 3 unspecified atom stereocenters. The van der Waals surface area contributed by atoms with Crippen molar-refractivity contribution in [3.8, 4) is 0 Å². The standard InChI is InChI=1S/C12H23N3O2/c1-9-6-15(7-10(9)14(2)3)11(16)12(13)4-5-17-8-12/h9-10H,4-8,13H2,1-3H3. The summed E-state index contributed by atoms with van der Waals surface area (Å²) in [6, 6.07) is 0.435. The van der Waals surface area contributed by atoms with Crippen molar-refractivity contribution in [2.45, 2.75) is 24.9 Å². The zero-order chi connectivity index (χ0) is 12.6. The Morgan fingerprint density at radius 3 is 2.65 bits per heavy atom. The molecule has 2 aliphatic heterocycles. The SMILES string of the molecule is CC1CN(C(=O)C2(N)CCOC2)CC1N(C)C. The van der Waals surface area contributed by atoms with Crippen LogP contribution in [0.3, 0.4) is 0 Å². The Labute approximate surface area is 103 Å². The van der Waals surface area contributed by atoms with Crippen molar-refractivity contribution in [3.63, 3.8) is 0 Å². The van der Waals surface area contributed by atoms with Crippen LogP contribution in [0.4, 0.5) is 0 Å². The second-order valence-electron chi connectivity index (χ2n) is 5.68. The fraction of sp³-hybridized carbons (Fsp3) is 0.917. The average molecular weight is 241 g/mol. The first-order valence-electron chi connectivity index (χ1n) is 6.26. The minimum atomic E-state index is -0.777. The summed E-state index contributed by atoms with van der Waals surface area (Å²) in [5.74, 6) is 0.561. The normalized spacial score (nSPS) is 38.1. The molecular formula is C12H23N3O2. The molecule has 0 radical (unpaired) electrons. The van der Waals surface area contributed by atoms with Crippen molar-refractivity contribution in [1.29, 1.82) is 0 Å². The van der Waals surface area contributed by atoms with Gasteiger partial charge in [0, 0.05) is 25.7 Å². The van der Waals surface area contributed by atoms with Gasteiger partial charge in [0.25, 0.3) is 0 Å². The Morgan fingerprint density at radius 2 is 2.18 bits per heavy atom.